The summed E-state index contributed by atoms with van der Waals surface area (Å²) in [6.45, 7) is 6.02. The largest absolute Gasteiger partial charge is 0.383 e. The summed E-state index contributed by atoms with van der Waals surface area (Å²) in [6, 6.07) is 4.30. The predicted molar refractivity (Wildman–Crippen MR) is 136 cm³/mol. The van der Waals surface area contributed by atoms with Gasteiger partial charge >= 0.3 is 17.7 Å². The number of Topliss-reactive ketones (excluding diaryl/α,β-unsaturated/α-hetero) is 1. The molecule has 13 heteroatoms. The van der Waals surface area contributed by atoms with Gasteiger partial charge in [-0.05, 0) is 30.2 Å². The van der Waals surface area contributed by atoms with E-state index in [9.17, 15) is 37.5 Å². The van der Waals surface area contributed by atoms with Crippen LogP contribution in [0.1, 0.15) is 46.1 Å². The van der Waals surface area contributed by atoms with Crippen LogP contribution in [0.4, 0.5) is 8.78 Å². The average Bonchev–Trinajstić information content (AvgIpc) is 3.38. The second-order valence-corrected chi connectivity index (χ2v) is 10.1. The Balaban J connectivity index is 2.15. The zero-order valence-corrected chi connectivity index (χ0v) is 22.3. The summed E-state index contributed by atoms with van der Waals surface area (Å²) in [5, 5.41) is 6.60. The van der Waals surface area contributed by atoms with Gasteiger partial charge in [-0.2, -0.15) is 8.78 Å². The Morgan fingerprint density at radius 2 is 1.56 bits per heavy atom. The molecule has 1 heterocycles. The smallest absolute Gasteiger partial charge is 0.361 e. The van der Waals surface area contributed by atoms with Crippen molar-refractivity contribution in [3.05, 3.63) is 35.9 Å². The molecule has 1 aliphatic heterocycles. The highest BCUT2D eigenvalue weighted by Crippen LogP contribution is 2.24. The van der Waals surface area contributed by atoms with Crippen LogP contribution in [0.2, 0.25) is 0 Å². The molecule has 214 valence electrons. The van der Waals surface area contributed by atoms with Crippen molar-refractivity contribution < 1.29 is 37.5 Å². The second-order valence-electron chi connectivity index (χ2n) is 10.1. The Morgan fingerprint density at radius 3 is 2.10 bits per heavy atom. The lowest BCUT2D eigenvalue weighted by Gasteiger charge is -2.32. The maximum atomic E-state index is 14.9. The number of nitrogens with one attached hydrogen (secondary N) is 3. The van der Waals surface area contributed by atoms with E-state index >= 15 is 0 Å². The number of amides is 5. The van der Waals surface area contributed by atoms with E-state index in [0.29, 0.717) is 12.0 Å². The standard InChI is InChI=1S/C26H35F2N5O6/c1-14(2)18(20(34)26(27,28)25(39)30-13-16-9-6-5-7-10-16)31-22(36)17-11-8-12-33(17)24(38)19(15(3)4)32-23(37)21(29)35/h5-7,9-10,14-15,17-19H,8,11-13H2,1-4H3,(H2,29,35)(H,30,39)(H,31,36)(H,32,37)/t17?,18-,19-/m0/s1. The Labute approximate surface area is 225 Å². The summed E-state index contributed by atoms with van der Waals surface area (Å²) in [7, 11) is 0. The molecule has 0 aromatic heterocycles. The molecule has 5 N–H and O–H groups in total. The van der Waals surface area contributed by atoms with E-state index in [-0.39, 0.29) is 19.5 Å². The molecular weight excluding hydrogens is 516 g/mol. The number of hydrogen-bond donors (Lipinski definition) is 4. The van der Waals surface area contributed by atoms with Gasteiger partial charge in [0.2, 0.25) is 17.6 Å². The van der Waals surface area contributed by atoms with Crippen LogP contribution < -0.4 is 21.7 Å². The quantitative estimate of drug-likeness (QED) is 0.227. The van der Waals surface area contributed by atoms with E-state index in [2.05, 4.69) is 10.6 Å². The minimum absolute atomic E-state index is 0.130. The molecule has 1 aromatic rings. The normalized spacial score (nSPS) is 16.9. The lowest BCUT2D eigenvalue weighted by Crippen LogP contribution is -2.60. The molecular formula is C26H35F2N5O6. The fourth-order valence-corrected chi connectivity index (χ4v) is 4.19. The van der Waals surface area contributed by atoms with Crippen molar-refractivity contribution in [1.82, 2.24) is 20.9 Å². The molecule has 0 spiro atoms. The summed E-state index contributed by atoms with van der Waals surface area (Å²) in [5.74, 6) is -13.2. The Hall–Kier alpha value is -3.90. The van der Waals surface area contributed by atoms with Crippen LogP contribution in [0.3, 0.4) is 0 Å². The highest BCUT2D eigenvalue weighted by Gasteiger charge is 2.51. The number of alkyl halides is 2. The molecule has 0 bridgehead atoms. The molecule has 0 radical (unpaired) electrons. The molecule has 0 saturated carbocycles. The first-order valence-electron chi connectivity index (χ1n) is 12.6. The minimum atomic E-state index is -4.43. The predicted octanol–water partition coefficient (Wildman–Crippen LogP) is 0.265. The van der Waals surface area contributed by atoms with E-state index < -0.39 is 71.2 Å². The molecule has 1 fully saturated rings. The minimum Gasteiger partial charge on any atom is -0.361 e. The van der Waals surface area contributed by atoms with Gasteiger partial charge in [-0.1, -0.05) is 58.0 Å². The summed E-state index contributed by atoms with van der Waals surface area (Å²) >= 11 is 0. The molecule has 1 unspecified atom stereocenters. The number of ketones is 1. The molecule has 1 saturated heterocycles. The highest BCUT2D eigenvalue weighted by atomic mass is 19.3. The van der Waals surface area contributed by atoms with E-state index in [1.807, 2.05) is 5.32 Å². The zero-order chi connectivity index (χ0) is 29.5. The van der Waals surface area contributed by atoms with Crippen LogP contribution >= 0.6 is 0 Å². The first-order chi connectivity index (χ1) is 18.2. The number of hydrogen-bond acceptors (Lipinski definition) is 6. The number of nitrogens with zero attached hydrogens (tertiary/aromatic N) is 1. The fourth-order valence-electron chi connectivity index (χ4n) is 4.19. The Kier molecular flexibility index (Phi) is 10.6. The molecule has 39 heavy (non-hydrogen) atoms. The lowest BCUT2D eigenvalue weighted by atomic mass is 9.94. The third-order valence-corrected chi connectivity index (χ3v) is 6.42. The van der Waals surface area contributed by atoms with Crippen LogP contribution in [0, 0.1) is 11.8 Å². The van der Waals surface area contributed by atoms with Gasteiger partial charge in [-0.25, -0.2) is 0 Å². The first kappa shape index (κ1) is 31.3. The molecule has 1 aromatic carbocycles. The number of carbonyl (C=O) groups is 6. The van der Waals surface area contributed by atoms with Crippen LogP contribution in [-0.4, -0.2) is 70.8 Å². The van der Waals surface area contributed by atoms with Gasteiger partial charge in [0.25, 0.3) is 5.91 Å². The average molecular weight is 552 g/mol. The second kappa shape index (κ2) is 13.3. The third kappa shape index (κ3) is 7.80. The Bertz CT molecular complexity index is 1100. The molecule has 5 amide bonds. The van der Waals surface area contributed by atoms with Crippen LogP contribution in [-0.2, 0) is 35.3 Å². The Morgan fingerprint density at radius 1 is 0.974 bits per heavy atom. The third-order valence-electron chi connectivity index (χ3n) is 6.42. The lowest BCUT2D eigenvalue weighted by molar-refractivity contribution is -0.161. The number of likely N-dealkylation sites (tertiary alicyclic amines) is 1. The molecule has 11 nitrogen and oxygen atoms in total. The molecule has 2 rings (SSSR count). The topological polar surface area (TPSA) is 168 Å². The molecule has 3 atom stereocenters. The van der Waals surface area contributed by atoms with Gasteiger partial charge in [0.15, 0.2) is 0 Å². The monoisotopic (exact) mass is 551 g/mol. The SMILES string of the molecule is CC(C)[C@H](NC(=O)C(N)=O)C(=O)N1CCCC1C(=O)N[C@H](C(=O)C(F)(F)C(=O)NCc1ccccc1)C(C)C. The number of benzene rings is 1. The van der Waals surface area contributed by atoms with Crippen molar-refractivity contribution in [2.45, 2.75) is 71.1 Å². The van der Waals surface area contributed by atoms with Crippen molar-refractivity contribution >= 4 is 35.3 Å². The first-order valence-corrected chi connectivity index (χ1v) is 12.6. The van der Waals surface area contributed by atoms with Crippen molar-refractivity contribution in [2.75, 3.05) is 6.54 Å². The summed E-state index contributed by atoms with van der Waals surface area (Å²) in [4.78, 5) is 75.5. The van der Waals surface area contributed by atoms with E-state index in [1.165, 1.54) is 18.7 Å². The summed E-state index contributed by atoms with van der Waals surface area (Å²) in [6.07, 6.45) is 0.579. The van der Waals surface area contributed by atoms with Crippen molar-refractivity contribution in [3.63, 3.8) is 0 Å². The summed E-state index contributed by atoms with van der Waals surface area (Å²) in [5.41, 5.74) is 5.52. The maximum Gasteiger partial charge on any atom is 0.383 e. The zero-order valence-electron chi connectivity index (χ0n) is 22.3. The number of rotatable bonds is 11. The van der Waals surface area contributed by atoms with Gasteiger partial charge in [0.1, 0.15) is 12.1 Å². The number of primary amides is 1. The number of carbonyl (C=O) groups excluding carboxylic acids is 6. The van der Waals surface area contributed by atoms with Crippen molar-refractivity contribution in [2.24, 2.45) is 17.6 Å². The van der Waals surface area contributed by atoms with Crippen molar-refractivity contribution in [1.29, 1.82) is 0 Å². The summed E-state index contributed by atoms with van der Waals surface area (Å²) < 4.78 is 29.8. The van der Waals surface area contributed by atoms with Crippen molar-refractivity contribution in [3.8, 4) is 0 Å². The fraction of sp³-hybridized carbons (Fsp3) is 0.538. The van der Waals surface area contributed by atoms with Crippen LogP contribution in [0.15, 0.2) is 30.3 Å². The van der Waals surface area contributed by atoms with E-state index in [4.69, 9.17) is 5.73 Å². The van der Waals surface area contributed by atoms with Gasteiger partial charge in [0, 0.05) is 13.1 Å². The van der Waals surface area contributed by atoms with Gasteiger partial charge in [0.05, 0.1) is 6.04 Å². The molecule has 1 aliphatic rings. The van der Waals surface area contributed by atoms with Gasteiger partial charge < -0.3 is 26.6 Å². The van der Waals surface area contributed by atoms with Crippen LogP contribution in [0.5, 0.6) is 0 Å². The highest BCUT2D eigenvalue weighted by molar-refractivity contribution is 6.34. The number of nitrogens with two attached hydrogens (primary N) is 1. The van der Waals surface area contributed by atoms with Gasteiger partial charge in [-0.15, -0.1) is 0 Å². The van der Waals surface area contributed by atoms with Crippen LogP contribution in [0.25, 0.3) is 0 Å². The van der Waals surface area contributed by atoms with E-state index in [0.717, 1.165) is 0 Å². The van der Waals surface area contributed by atoms with Gasteiger partial charge in [-0.3, -0.25) is 28.8 Å². The molecule has 0 aliphatic carbocycles. The maximum absolute atomic E-state index is 14.9. The van der Waals surface area contributed by atoms with E-state index in [1.54, 1.807) is 44.2 Å². The number of halogens is 2.